The first-order valence-electron chi connectivity index (χ1n) is 9.95. The van der Waals surface area contributed by atoms with Crippen LogP contribution in [0.4, 0.5) is 0 Å². The van der Waals surface area contributed by atoms with Gasteiger partial charge in [-0.1, -0.05) is 70.1 Å². The molecule has 5 nitrogen and oxygen atoms in total. The summed E-state index contributed by atoms with van der Waals surface area (Å²) in [5, 5.41) is 11.2. The van der Waals surface area contributed by atoms with Crippen LogP contribution in [0.1, 0.15) is 63.9 Å². The number of hydrogen-bond donors (Lipinski definition) is 1. The number of benzene rings is 2. The van der Waals surface area contributed by atoms with Crippen LogP contribution in [0.15, 0.2) is 47.4 Å². The zero-order valence-corrected chi connectivity index (χ0v) is 21.3. The first-order valence-corrected chi connectivity index (χ1v) is 11.4. The van der Waals surface area contributed by atoms with Gasteiger partial charge >= 0.3 is 51.4 Å². The molecule has 0 aliphatic rings. The van der Waals surface area contributed by atoms with E-state index in [1.807, 2.05) is 0 Å². The number of aryl methyl sites for hydroxylation is 1. The van der Waals surface area contributed by atoms with E-state index in [1.54, 1.807) is 18.2 Å². The minimum atomic E-state index is -4.31. The Labute approximate surface area is 217 Å². The van der Waals surface area contributed by atoms with Crippen LogP contribution < -0.4 is 61.2 Å². The summed E-state index contributed by atoms with van der Waals surface area (Å²) in [6, 6.07) is 10.3. The average molecular weight is 445 g/mol. The zero-order valence-electron chi connectivity index (χ0n) is 17.4. The van der Waals surface area contributed by atoms with E-state index in [4.69, 9.17) is 4.74 Å². The molecule has 2 aromatic carbocycles. The molecular weight excluding hydrogens is 415 g/mol. The van der Waals surface area contributed by atoms with Crippen LogP contribution in [-0.4, -0.2) is 13.0 Å². The van der Waals surface area contributed by atoms with E-state index in [9.17, 15) is 18.1 Å². The molecule has 0 aliphatic heterocycles. The van der Waals surface area contributed by atoms with Crippen molar-refractivity contribution in [2.24, 2.45) is 0 Å². The predicted molar refractivity (Wildman–Crippen MR) is 109 cm³/mol. The Bertz CT molecular complexity index is 835. The fourth-order valence-corrected chi connectivity index (χ4v) is 3.58. The molecule has 2 aromatic rings. The van der Waals surface area contributed by atoms with E-state index >= 15 is 0 Å². The number of hydrogen-bond acceptors (Lipinski definition) is 4. The minimum absolute atomic E-state index is 0. The molecular formula is C22H29KO5S. The van der Waals surface area contributed by atoms with Crippen molar-refractivity contribution in [3.05, 3.63) is 48.0 Å². The van der Waals surface area contributed by atoms with Crippen molar-refractivity contribution in [3.8, 4) is 17.2 Å². The minimum Gasteiger partial charge on any atom is -0.872 e. The molecule has 0 atom stereocenters. The van der Waals surface area contributed by atoms with Crippen molar-refractivity contribution in [1.29, 1.82) is 0 Å². The van der Waals surface area contributed by atoms with Gasteiger partial charge in [-0.15, -0.1) is 5.75 Å². The second kappa shape index (κ2) is 13.8. The summed E-state index contributed by atoms with van der Waals surface area (Å²) < 4.78 is 38.0. The average Bonchev–Trinajstić information content (AvgIpc) is 2.66. The van der Waals surface area contributed by atoms with Crippen molar-refractivity contribution in [2.45, 2.75) is 69.6 Å². The van der Waals surface area contributed by atoms with Crippen molar-refractivity contribution in [2.75, 3.05) is 0 Å². The maximum atomic E-state index is 11.5. The molecule has 1 N–H and O–H groups in total. The normalized spacial score (nSPS) is 11.1. The van der Waals surface area contributed by atoms with Crippen LogP contribution >= 0.6 is 0 Å². The van der Waals surface area contributed by atoms with Gasteiger partial charge in [0.1, 0.15) is 11.5 Å². The van der Waals surface area contributed by atoms with Crippen LogP contribution in [0, 0.1) is 0 Å². The van der Waals surface area contributed by atoms with E-state index in [0.717, 1.165) is 24.8 Å². The molecule has 0 aromatic heterocycles. The van der Waals surface area contributed by atoms with Crippen LogP contribution in [0.5, 0.6) is 17.2 Å². The van der Waals surface area contributed by atoms with Crippen LogP contribution in [-0.2, 0) is 16.5 Å². The molecule has 7 heteroatoms. The second-order valence-corrected chi connectivity index (χ2v) is 8.46. The monoisotopic (exact) mass is 444 g/mol. The van der Waals surface area contributed by atoms with Gasteiger partial charge in [-0.2, -0.15) is 8.42 Å². The van der Waals surface area contributed by atoms with Crippen LogP contribution in [0.3, 0.4) is 0 Å². The Morgan fingerprint density at radius 3 is 2.07 bits per heavy atom. The molecule has 2 rings (SSSR count). The quantitative estimate of drug-likeness (QED) is 0.309. The van der Waals surface area contributed by atoms with Gasteiger partial charge in [0, 0.05) is 6.07 Å². The standard InChI is InChI=1S/C22H30O5S.K/c1-2-3-4-5-6-7-8-9-10-18-11-16-21(28(24,25)26)17-22(18)27-20-14-12-19(23)13-15-20;/h11-17,23H,2-10H2,1H3,(H,24,25,26);/q;+1/p-1. The van der Waals surface area contributed by atoms with Crippen molar-refractivity contribution in [3.63, 3.8) is 0 Å². The number of unbranched alkanes of at least 4 members (excludes halogenated alkanes) is 7. The molecule has 0 amide bonds. The topological polar surface area (TPSA) is 86.7 Å². The fourth-order valence-electron chi connectivity index (χ4n) is 3.08. The third-order valence-electron chi connectivity index (χ3n) is 4.69. The molecule has 0 saturated carbocycles. The third-order valence-corrected chi connectivity index (χ3v) is 5.54. The first-order chi connectivity index (χ1) is 13.4. The molecule has 0 heterocycles. The molecule has 0 radical (unpaired) electrons. The Morgan fingerprint density at radius 2 is 1.48 bits per heavy atom. The van der Waals surface area contributed by atoms with E-state index in [-0.39, 0.29) is 62.0 Å². The van der Waals surface area contributed by atoms with Gasteiger partial charge in [0.25, 0.3) is 10.1 Å². The fraction of sp³-hybridized carbons (Fsp3) is 0.455. The SMILES string of the molecule is CCCCCCCCCCc1ccc(S(=O)(=O)O)cc1Oc1ccc([O-])cc1.[K+]. The van der Waals surface area contributed by atoms with Crippen molar-refractivity contribution in [1.82, 2.24) is 0 Å². The van der Waals surface area contributed by atoms with E-state index in [2.05, 4.69) is 6.92 Å². The Balaban J connectivity index is 0.00000420. The Hall–Kier alpha value is -0.414. The van der Waals surface area contributed by atoms with Gasteiger partial charge in [-0.25, -0.2) is 0 Å². The van der Waals surface area contributed by atoms with Gasteiger partial charge < -0.3 is 9.84 Å². The van der Waals surface area contributed by atoms with Gasteiger partial charge in [0.2, 0.25) is 0 Å². The van der Waals surface area contributed by atoms with Gasteiger partial charge in [0.05, 0.1) is 4.90 Å². The maximum absolute atomic E-state index is 11.5. The van der Waals surface area contributed by atoms with Gasteiger partial charge in [0.15, 0.2) is 0 Å². The molecule has 0 saturated heterocycles. The van der Waals surface area contributed by atoms with E-state index in [0.29, 0.717) is 11.5 Å². The molecule has 0 spiro atoms. The number of ether oxygens (including phenoxy) is 1. The molecule has 154 valence electrons. The van der Waals surface area contributed by atoms with E-state index in [1.165, 1.54) is 62.8 Å². The maximum Gasteiger partial charge on any atom is 1.00 e. The molecule has 0 bridgehead atoms. The van der Waals surface area contributed by atoms with Crippen molar-refractivity contribution < 1.29 is 74.2 Å². The summed E-state index contributed by atoms with van der Waals surface area (Å²) in [5.74, 6) is 0.708. The summed E-state index contributed by atoms with van der Waals surface area (Å²) >= 11 is 0. The smallest absolute Gasteiger partial charge is 0.872 e. The Morgan fingerprint density at radius 1 is 0.897 bits per heavy atom. The second-order valence-electron chi connectivity index (χ2n) is 7.04. The third kappa shape index (κ3) is 9.96. The largest absolute Gasteiger partial charge is 1.00 e. The number of rotatable bonds is 12. The summed E-state index contributed by atoms with van der Waals surface area (Å²) in [6.07, 6.45) is 10.4. The van der Waals surface area contributed by atoms with E-state index < -0.39 is 10.1 Å². The molecule has 0 unspecified atom stereocenters. The van der Waals surface area contributed by atoms with Crippen LogP contribution in [0.2, 0.25) is 0 Å². The summed E-state index contributed by atoms with van der Waals surface area (Å²) in [6.45, 7) is 2.21. The summed E-state index contributed by atoms with van der Waals surface area (Å²) in [5.41, 5.74) is 0.879. The molecule has 29 heavy (non-hydrogen) atoms. The molecule has 0 fully saturated rings. The Kier molecular flexibility index (Phi) is 12.7. The van der Waals surface area contributed by atoms with Crippen LogP contribution in [0.25, 0.3) is 0 Å². The van der Waals surface area contributed by atoms with Crippen molar-refractivity contribution >= 4 is 10.1 Å². The zero-order chi connectivity index (χ0) is 20.4. The summed E-state index contributed by atoms with van der Waals surface area (Å²) in [7, 11) is -4.31. The predicted octanol–water partition coefficient (Wildman–Crippen LogP) is 2.49. The molecule has 0 aliphatic carbocycles. The van der Waals surface area contributed by atoms with Gasteiger partial charge in [-0.3, -0.25) is 4.55 Å². The van der Waals surface area contributed by atoms with Gasteiger partial charge in [-0.05, 0) is 36.6 Å². The first kappa shape index (κ1) is 26.6. The summed E-state index contributed by atoms with van der Waals surface area (Å²) in [4.78, 5) is -0.206.